The Morgan fingerprint density at radius 1 is 1.40 bits per heavy atom. The van der Waals surface area contributed by atoms with Gasteiger partial charge in [-0.3, -0.25) is 0 Å². The summed E-state index contributed by atoms with van der Waals surface area (Å²) in [4.78, 5) is 0. The molecule has 1 rings (SSSR count). The Labute approximate surface area is 62.6 Å². The number of piperidine rings is 1. The second kappa shape index (κ2) is 3.35. The molecule has 0 amide bonds. The Bertz CT molecular complexity index is 105. The van der Waals surface area contributed by atoms with Crippen LogP contribution in [0.3, 0.4) is 0 Å². The number of rotatable bonds is 1. The van der Waals surface area contributed by atoms with Crippen molar-refractivity contribution in [3.8, 4) is 0 Å². The molecule has 0 aliphatic carbocycles. The molecule has 0 aromatic rings. The van der Waals surface area contributed by atoms with Crippen LogP contribution < -0.4 is 5.32 Å². The average Bonchev–Trinajstić information content (AvgIpc) is 1.88. The van der Waals surface area contributed by atoms with Crippen LogP contribution in [0.15, 0.2) is 0 Å². The van der Waals surface area contributed by atoms with E-state index in [0.29, 0.717) is 24.6 Å². The van der Waals surface area contributed by atoms with Crippen LogP contribution in [0.5, 0.6) is 0 Å². The van der Waals surface area contributed by atoms with Gasteiger partial charge in [0.1, 0.15) is 0 Å². The molecule has 3 atom stereocenters. The standard InChI is InChI=1S/C8H17NO/c1-6-3-4-8(5-10)7(2)9-6/h6-10H,3-5H2,1-2H3/t6-,7+,8-/m1/s1. The largest absolute Gasteiger partial charge is 0.396 e. The Morgan fingerprint density at radius 2 is 2.10 bits per heavy atom. The van der Waals surface area contributed by atoms with Crippen LogP contribution in [0, 0.1) is 5.92 Å². The zero-order chi connectivity index (χ0) is 7.56. The molecule has 0 aromatic heterocycles. The number of hydrogen-bond donors (Lipinski definition) is 2. The normalized spacial score (nSPS) is 41.7. The van der Waals surface area contributed by atoms with Crippen LogP contribution in [0.2, 0.25) is 0 Å². The zero-order valence-electron chi connectivity index (χ0n) is 6.80. The average molecular weight is 143 g/mol. The molecule has 2 N–H and O–H groups in total. The second-order valence-electron chi connectivity index (χ2n) is 3.38. The van der Waals surface area contributed by atoms with Gasteiger partial charge in [-0.25, -0.2) is 0 Å². The zero-order valence-corrected chi connectivity index (χ0v) is 6.80. The highest BCUT2D eigenvalue weighted by Gasteiger charge is 2.23. The molecular formula is C8H17NO. The summed E-state index contributed by atoms with van der Waals surface area (Å²) in [6, 6.07) is 1.13. The van der Waals surface area contributed by atoms with Crippen molar-refractivity contribution in [2.45, 2.75) is 38.8 Å². The lowest BCUT2D eigenvalue weighted by Gasteiger charge is -2.32. The van der Waals surface area contributed by atoms with Crippen molar-refractivity contribution >= 4 is 0 Å². The van der Waals surface area contributed by atoms with Gasteiger partial charge >= 0.3 is 0 Å². The van der Waals surface area contributed by atoms with Gasteiger partial charge in [0, 0.05) is 18.7 Å². The molecule has 0 saturated carbocycles. The van der Waals surface area contributed by atoms with E-state index >= 15 is 0 Å². The maximum absolute atomic E-state index is 8.91. The van der Waals surface area contributed by atoms with Crippen molar-refractivity contribution < 1.29 is 5.11 Å². The van der Waals surface area contributed by atoms with Crippen LogP contribution in [-0.2, 0) is 0 Å². The quantitative estimate of drug-likeness (QED) is 0.568. The van der Waals surface area contributed by atoms with Crippen LogP contribution in [0.25, 0.3) is 0 Å². The third-order valence-corrected chi connectivity index (χ3v) is 2.46. The van der Waals surface area contributed by atoms with Gasteiger partial charge in [-0.2, -0.15) is 0 Å². The van der Waals surface area contributed by atoms with Crippen molar-refractivity contribution in [3.63, 3.8) is 0 Å². The minimum Gasteiger partial charge on any atom is -0.396 e. The van der Waals surface area contributed by atoms with Gasteiger partial charge in [0.25, 0.3) is 0 Å². The van der Waals surface area contributed by atoms with Gasteiger partial charge < -0.3 is 10.4 Å². The molecule has 0 bridgehead atoms. The van der Waals surface area contributed by atoms with Crippen LogP contribution in [0.1, 0.15) is 26.7 Å². The fourth-order valence-corrected chi connectivity index (χ4v) is 1.63. The molecular weight excluding hydrogens is 126 g/mol. The van der Waals surface area contributed by atoms with E-state index in [1.807, 2.05) is 0 Å². The van der Waals surface area contributed by atoms with Crippen LogP contribution in [0.4, 0.5) is 0 Å². The number of aliphatic hydroxyl groups is 1. The van der Waals surface area contributed by atoms with Gasteiger partial charge in [-0.1, -0.05) is 0 Å². The Kier molecular flexibility index (Phi) is 2.69. The predicted octanol–water partition coefficient (Wildman–Crippen LogP) is 0.755. The molecule has 0 unspecified atom stereocenters. The van der Waals surface area contributed by atoms with Crippen molar-refractivity contribution in [1.82, 2.24) is 5.32 Å². The molecule has 1 saturated heterocycles. The first kappa shape index (κ1) is 8.02. The van der Waals surface area contributed by atoms with E-state index in [9.17, 15) is 0 Å². The third kappa shape index (κ3) is 1.70. The molecule has 1 heterocycles. The Morgan fingerprint density at radius 3 is 2.60 bits per heavy atom. The highest BCUT2D eigenvalue weighted by molar-refractivity contribution is 4.81. The number of aliphatic hydroxyl groups excluding tert-OH is 1. The van der Waals surface area contributed by atoms with Gasteiger partial charge in [0.2, 0.25) is 0 Å². The molecule has 10 heavy (non-hydrogen) atoms. The van der Waals surface area contributed by atoms with E-state index in [4.69, 9.17) is 5.11 Å². The second-order valence-corrected chi connectivity index (χ2v) is 3.38. The highest BCUT2D eigenvalue weighted by atomic mass is 16.3. The van der Waals surface area contributed by atoms with E-state index in [1.165, 1.54) is 12.8 Å². The lowest BCUT2D eigenvalue weighted by molar-refractivity contribution is 0.151. The minimum atomic E-state index is 0.334. The maximum atomic E-state index is 8.91. The molecule has 0 radical (unpaired) electrons. The van der Waals surface area contributed by atoms with Crippen molar-refractivity contribution in [1.29, 1.82) is 0 Å². The van der Waals surface area contributed by atoms with Gasteiger partial charge in [0.15, 0.2) is 0 Å². The molecule has 0 aromatic carbocycles. The van der Waals surface area contributed by atoms with E-state index in [1.54, 1.807) is 0 Å². The molecule has 60 valence electrons. The Hall–Kier alpha value is -0.0800. The summed E-state index contributed by atoms with van der Waals surface area (Å²) in [5.41, 5.74) is 0. The molecule has 1 fully saturated rings. The minimum absolute atomic E-state index is 0.334. The van der Waals surface area contributed by atoms with Crippen LogP contribution >= 0.6 is 0 Å². The molecule has 1 aliphatic rings. The fraction of sp³-hybridized carbons (Fsp3) is 1.00. The molecule has 2 heteroatoms. The molecule has 2 nitrogen and oxygen atoms in total. The third-order valence-electron chi connectivity index (χ3n) is 2.46. The summed E-state index contributed by atoms with van der Waals surface area (Å²) in [5.74, 6) is 0.483. The maximum Gasteiger partial charge on any atom is 0.0474 e. The Balaban J connectivity index is 2.36. The lowest BCUT2D eigenvalue weighted by atomic mass is 9.90. The molecule has 1 aliphatic heterocycles. The molecule has 0 spiro atoms. The van der Waals surface area contributed by atoms with E-state index < -0.39 is 0 Å². The van der Waals surface area contributed by atoms with E-state index in [-0.39, 0.29) is 0 Å². The van der Waals surface area contributed by atoms with Gasteiger partial charge in [0.05, 0.1) is 0 Å². The van der Waals surface area contributed by atoms with Crippen LogP contribution in [-0.4, -0.2) is 23.8 Å². The van der Waals surface area contributed by atoms with Gasteiger partial charge in [-0.05, 0) is 32.6 Å². The summed E-state index contributed by atoms with van der Waals surface area (Å²) < 4.78 is 0. The topological polar surface area (TPSA) is 32.3 Å². The van der Waals surface area contributed by atoms with Crippen molar-refractivity contribution in [3.05, 3.63) is 0 Å². The lowest BCUT2D eigenvalue weighted by Crippen LogP contribution is -2.45. The smallest absolute Gasteiger partial charge is 0.0474 e. The summed E-state index contributed by atoms with van der Waals surface area (Å²) in [5, 5.41) is 12.3. The summed E-state index contributed by atoms with van der Waals surface area (Å²) in [7, 11) is 0. The number of nitrogens with one attached hydrogen (secondary N) is 1. The van der Waals surface area contributed by atoms with Crippen molar-refractivity contribution in [2.75, 3.05) is 6.61 Å². The first-order chi connectivity index (χ1) is 4.74. The monoisotopic (exact) mass is 143 g/mol. The predicted molar refractivity (Wildman–Crippen MR) is 41.9 cm³/mol. The summed E-state index contributed by atoms with van der Waals surface area (Å²) in [6.45, 7) is 4.68. The first-order valence-corrected chi connectivity index (χ1v) is 4.11. The van der Waals surface area contributed by atoms with Crippen molar-refractivity contribution in [2.24, 2.45) is 5.92 Å². The SMILES string of the molecule is C[C@@H]1CC[C@H](CO)[C@H](C)N1. The van der Waals surface area contributed by atoms with E-state index in [0.717, 1.165) is 0 Å². The fourth-order valence-electron chi connectivity index (χ4n) is 1.63. The summed E-state index contributed by atoms with van der Waals surface area (Å²) in [6.07, 6.45) is 2.38. The first-order valence-electron chi connectivity index (χ1n) is 4.11. The van der Waals surface area contributed by atoms with Gasteiger partial charge in [-0.15, -0.1) is 0 Å². The number of hydrogen-bond acceptors (Lipinski definition) is 2. The highest BCUT2D eigenvalue weighted by Crippen LogP contribution is 2.18. The summed E-state index contributed by atoms with van der Waals surface area (Å²) >= 11 is 0. The van der Waals surface area contributed by atoms with E-state index in [2.05, 4.69) is 19.2 Å².